The average Bonchev–Trinajstić information content (AvgIpc) is 2.95. The maximum atomic E-state index is 12.6. The Morgan fingerprint density at radius 1 is 1.38 bits per heavy atom. The van der Waals surface area contributed by atoms with E-state index in [1.54, 1.807) is 22.7 Å². The van der Waals surface area contributed by atoms with Crippen LogP contribution in [0.15, 0.2) is 42.6 Å². The van der Waals surface area contributed by atoms with Crippen molar-refractivity contribution < 1.29 is 14.8 Å². The van der Waals surface area contributed by atoms with Crippen molar-refractivity contribution in [2.45, 2.75) is 13.3 Å². The Balaban J connectivity index is 2.02. The van der Waals surface area contributed by atoms with Crippen LogP contribution in [-0.4, -0.2) is 25.3 Å². The van der Waals surface area contributed by atoms with Gasteiger partial charge < -0.3 is 10.4 Å². The first-order valence-corrected chi connectivity index (χ1v) is 7.26. The number of phenolic OH excluding ortho intramolecular Hbond substituents is 1. The molecule has 1 aromatic carbocycles. The Morgan fingerprint density at radius 3 is 2.88 bits per heavy atom. The molecule has 0 aliphatic carbocycles. The molecule has 3 rings (SSSR count). The number of aryl methyl sites for hydroxylation is 1. The average molecular weight is 326 g/mol. The molecular formula is C16H14N4O4. The standard InChI is InChI=1S/C16H14N4O4/c1-2-11-15(19-8-4-3-5-14(19)17-11)16(22)18-12-9-10(20(23)24)6-7-13(12)21/h3-9,21H,2H2,1H3,(H,18,22). The molecule has 2 heterocycles. The lowest BCUT2D eigenvalue weighted by Gasteiger charge is -2.08. The molecule has 8 nitrogen and oxygen atoms in total. The SMILES string of the molecule is CCc1nc2ccccn2c1C(=O)Nc1cc([N+](=O)[O-])ccc1O. The van der Waals surface area contributed by atoms with Crippen molar-refractivity contribution in [2.24, 2.45) is 0 Å². The first kappa shape index (κ1) is 15.5. The number of nitro benzene ring substituents is 1. The predicted octanol–water partition coefficient (Wildman–Crippen LogP) is 2.76. The van der Waals surface area contributed by atoms with Crippen LogP contribution in [0.5, 0.6) is 5.75 Å². The molecule has 2 N–H and O–H groups in total. The number of anilines is 1. The number of hydrogen-bond acceptors (Lipinski definition) is 5. The molecule has 0 unspecified atom stereocenters. The number of imidazole rings is 1. The molecule has 122 valence electrons. The number of pyridine rings is 1. The van der Waals surface area contributed by atoms with Gasteiger partial charge in [-0.25, -0.2) is 4.98 Å². The van der Waals surface area contributed by atoms with Crippen LogP contribution in [0.1, 0.15) is 23.1 Å². The van der Waals surface area contributed by atoms with E-state index in [9.17, 15) is 20.0 Å². The highest BCUT2D eigenvalue weighted by atomic mass is 16.6. The van der Waals surface area contributed by atoms with Gasteiger partial charge >= 0.3 is 0 Å². The van der Waals surface area contributed by atoms with Crippen LogP contribution < -0.4 is 5.32 Å². The minimum atomic E-state index is -0.596. The number of phenols is 1. The Labute approximate surface area is 136 Å². The van der Waals surface area contributed by atoms with Crippen LogP contribution in [0, 0.1) is 10.1 Å². The lowest BCUT2D eigenvalue weighted by molar-refractivity contribution is -0.384. The second-order valence-electron chi connectivity index (χ2n) is 5.10. The first-order valence-electron chi connectivity index (χ1n) is 7.26. The molecule has 1 amide bonds. The second-order valence-corrected chi connectivity index (χ2v) is 5.10. The summed E-state index contributed by atoms with van der Waals surface area (Å²) in [4.78, 5) is 27.3. The highest BCUT2D eigenvalue weighted by Gasteiger charge is 2.20. The maximum absolute atomic E-state index is 12.6. The van der Waals surface area contributed by atoms with Gasteiger partial charge in [0.25, 0.3) is 11.6 Å². The molecule has 0 saturated heterocycles. The number of benzene rings is 1. The first-order chi connectivity index (χ1) is 11.5. The summed E-state index contributed by atoms with van der Waals surface area (Å²) >= 11 is 0. The van der Waals surface area contributed by atoms with Crippen molar-refractivity contribution in [1.29, 1.82) is 0 Å². The summed E-state index contributed by atoms with van der Waals surface area (Å²) in [5.74, 6) is -0.748. The summed E-state index contributed by atoms with van der Waals surface area (Å²) in [6.07, 6.45) is 2.26. The van der Waals surface area contributed by atoms with E-state index in [-0.39, 0.29) is 17.1 Å². The molecule has 2 aromatic heterocycles. The highest BCUT2D eigenvalue weighted by Crippen LogP contribution is 2.28. The van der Waals surface area contributed by atoms with Gasteiger partial charge in [-0.15, -0.1) is 0 Å². The molecule has 0 bridgehead atoms. The van der Waals surface area contributed by atoms with Crippen LogP contribution in [0.3, 0.4) is 0 Å². The van der Waals surface area contributed by atoms with Crippen molar-refractivity contribution in [3.05, 3.63) is 64.1 Å². The Bertz CT molecular complexity index is 948. The number of nitrogens with zero attached hydrogens (tertiary/aromatic N) is 3. The molecule has 0 spiro atoms. The topological polar surface area (TPSA) is 110 Å². The number of aromatic hydroxyl groups is 1. The van der Waals surface area contributed by atoms with Crippen molar-refractivity contribution in [3.63, 3.8) is 0 Å². The third-order valence-corrected chi connectivity index (χ3v) is 3.59. The number of carbonyl (C=O) groups excluding carboxylic acids is 1. The Kier molecular flexibility index (Phi) is 3.87. The van der Waals surface area contributed by atoms with Crippen LogP contribution in [0.2, 0.25) is 0 Å². The molecule has 0 radical (unpaired) electrons. The lowest BCUT2D eigenvalue weighted by atomic mass is 10.2. The number of non-ortho nitro benzene ring substituents is 1. The van der Waals surface area contributed by atoms with E-state index in [1.807, 2.05) is 13.0 Å². The minimum Gasteiger partial charge on any atom is -0.506 e. The van der Waals surface area contributed by atoms with Crippen LogP contribution in [0.4, 0.5) is 11.4 Å². The Morgan fingerprint density at radius 2 is 2.17 bits per heavy atom. The fourth-order valence-corrected chi connectivity index (χ4v) is 2.45. The van der Waals surface area contributed by atoms with Crippen molar-refractivity contribution >= 4 is 22.9 Å². The van der Waals surface area contributed by atoms with Crippen LogP contribution >= 0.6 is 0 Å². The van der Waals surface area contributed by atoms with E-state index >= 15 is 0 Å². The van der Waals surface area contributed by atoms with E-state index in [0.717, 1.165) is 12.1 Å². The molecule has 8 heteroatoms. The largest absolute Gasteiger partial charge is 0.506 e. The van der Waals surface area contributed by atoms with Crippen molar-refractivity contribution in [3.8, 4) is 5.75 Å². The molecule has 0 aliphatic heterocycles. The number of amides is 1. The van der Waals surface area contributed by atoms with Gasteiger partial charge in [0.2, 0.25) is 0 Å². The fourth-order valence-electron chi connectivity index (χ4n) is 2.45. The highest BCUT2D eigenvalue weighted by molar-refractivity contribution is 6.05. The number of carbonyl (C=O) groups is 1. The number of hydrogen-bond donors (Lipinski definition) is 2. The van der Waals surface area contributed by atoms with E-state index in [4.69, 9.17) is 0 Å². The van der Waals surface area contributed by atoms with Gasteiger partial charge in [0.1, 0.15) is 17.1 Å². The van der Waals surface area contributed by atoms with Gasteiger partial charge in [-0.05, 0) is 24.6 Å². The minimum absolute atomic E-state index is 0.0258. The van der Waals surface area contributed by atoms with Gasteiger partial charge in [-0.2, -0.15) is 0 Å². The quantitative estimate of drug-likeness (QED) is 0.435. The van der Waals surface area contributed by atoms with E-state index in [1.165, 1.54) is 6.07 Å². The zero-order valence-electron chi connectivity index (χ0n) is 12.8. The summed E-state index contributed by atoms with van der Waals surface area (Å²) in [5, 5.41) is 23.2. The molecule has 0 atom stereocenters. The summed E-state index contributed by atoms with van der Waals surface area (Å²) in [5.41, 5.74) is 1.31. The normalized spacial score (nSPS) is 10.7. The second kappa shape index (κ2) is 5.99. The van der Waals surface area contributed by atoms with Gasteiger partial charge in [0.15, 0.2) is 0 Å². The Hall–Kier alpha value is -3.42. The molecule has 0 aliphatic rings. The van der Waals surface area contributed by atoms with Crippen molar-refractivity contribution in [1.82, 2.24) is 9.38 Å². The van der Waals surface area contributed by atoms with E-state index in [0.29, 0.717) is 23.5 Å². The van der Waals surface area contributed by atoms with E-state index < -0.39 is 10.8 Å². The zero-order valence-corrected chi connectivity index (χ0v) is 12.8. The summed E-state index contributed by atoms with van der Waals surface area (Å²) in [6, 6.07) is 8.81. The van der Waals surface area contributed by atoms with Crippen LogP contribution in [0.25, 0.3) is 5.65 Å². The molecule has 24 heavy (non-hydrogen) atoms. The predicted molar refractivity (Wildman–Crippen MR) is 87.3 cm³/mol. The lowest BCUT2D eigenvalue weighted by Crippen LogP contribution is -2.16. The third-order valence-electron chi connectivity index (χ3n) is 3.59. The number of nitrogens with one attached hydrogen (secondary N) is 1. The fraction of sp³-hybridized carbons (Fsp3) is 0.125. The zero-order chi connectivity index (χ0) is 17.3. The monoisotopic (exact) mass is 326 g/mol. The number of nitro groups is 1. The van der Waals surface area contributed by atoms with E-state index in [2.05, 4.69) is 10.3 Å². The van der Waals surface area contributed by atoms with Gasteiger partial charge in [-0.1, -0.05) is 13.0 Å². The van der Waals surface area contributed by atoms with Crippen molar-refractivity contribution in [2.75, 3.05) is 5.32 Å². The summed E-state index contributed by atoms with van der Waals surface area (Å²) in [6.45, 7) is 1.88. The summed E-state index contributed by atoms with van der Waals surface area (Å²) < 4.78 is 1.64. The number of fused-ring (bicyclic) bond motifs is 1. The molecule has 0 fully saturated rings. The maximum Gasteiger partial charge on any atom is 0.274 e. The van der Waals surface area contributed by atoms with Gasteiger partial charge in [-0.3, -0.25) is 19.3 Å². The summed E-state index contributed by atoms with van der Waals surface area (Å²) in [7, 11) is 0. The molecule has 3 aromatic rings. The third kappa shape index (κ3) is 2.65. The molecule has 0 saturated carbocycles. The van der Waals surface area contributed by atoms with Gasteiger partial charge in [0.05, 0.1) is 16.3 Å². The molecular weight excluding hydrogens is 312 g/mol. The number of aromatic nitrogens is 2. The van der Waals surface area contributed by atoms with Crippen LogP contribution in [-0.2, 0) is 6.42 Å². The smallest absolute Gasteiger partial charge is 0.274 e. The number of rotatable bonds is 4. The van der Waals surface area contributed by atoms with Gasteiger partial charge in [0, 0.05) is 18.3 Å².